The summed E-state index contributed by atoms with van der Waals surface area (Å²) >= 11 is 6.12. The van der Waals surface area contributed by atoms with E-state index in [9.17, 15) is 8.42 Å². The highest BCUT2D eigenvalue weighted by molar-refractivity contribution is 7.91. The van der Waals surface area contributed by atoms with Crippen molar-refractivity contribution >= 4 is 38.8 Å². The average Bonchev–Trinajstić information content (AvgIpc) is 2.89. The highest BCUT2D eigenvalue weighted by Gasteiger charge is 2.27. The number of nitrogens with one attached hydrogen (secondary N) is 2. The van der Waals surface area contributed by atoms with E-state index in [-0.39, 0.29) is 17.5 Å². The Hall–Kier alpha value is -2.06. The first-order valence-corrected chi connectivity index (χ1v) is 9.96. The number of methoxy groups -OCH3 is 1. The molecule has 0 radical (unpaired) electrons. The third-order valence-corrected chi connectivity index (χ3v) is 6.17. The Bertz CT molecular complexity index is 889. The summed E-state index contributed by atoms with van der Waals surface area (Å²) in [6.45, 7) is 1.90. The number of hydrogen-bond acceptors (Lipinski definition) is 7. The van der Waals surface area contributed by atoms with Crippen molar-refractivity contribution in [3.05, 3.63) is 35.1 Å². The van der Waals surface area contributed by atoms with Crippen LogP contribution in [0.25, 0.3) is 0 Å². The maximum atomic E-state index is 11.6. The number of sulfone groups is 1. The van der Waals surface area contributed by atoms with Gasteiger partial charge in [-0.1, -0.05) is 11.6 Å². The molecule has 3 rings (SSSR count). The van der Waals surface area contributed by atoms with Crippen molar-refractivity contribution < 1.29 is 13.2 Å². The van der Waals surface area contributed by atoms with Gasteiger partial charge in [0.15, 0.2) is 9.84 Å². The first-order chi connectivity index (χ1) is 11.9. The minimum absolute atomic E-state index is 0.125. The Morgan fingerprint density at radius 2 is 2.00 bits per heavy atom. The second-order valence-electron chi connectivity index (χ2n) is 5.96. The fourth-order valence-electron chi connectivity index (χ4n) is 2.69. The van der Waals surface area contributed by atoms with Gasteiger partial charge in [-0.2, -0.15) is 0 Å². The fraction of sp³-hybridized carbons (Fsp3) is 0.375. The molecule has 0 spiro atoms. The van der Waals surface area contributed by atoms with Gasteiger partial charge in [0.2, 0.25) is 0 Å². The van der Waals surface area contributed by atoms with Crippen LogP contribution < -0.4 is 15.4 Å². The molecule has 0 saturated carbocycles. The normalized spacial score (nSPS) is 18.8. The van der Waals surface area contributed by atoms with Gasteiger partial charge >= 0.3 is 0 Å². The van der Waals surface area contributed by atoms with E-state index in [0.717, 1.165) is 11.3 Å². The molecule has 25 heavy (non-hydrogen) atoms. The fourth-order valence-corrected chi connectivity index (χ4v) is 4.52. The molecule has 1 unspecified atom stereocenters. The van der Waals surface area contributed by atoms with Crippen LogP contribution in [0.2, 0.25) is 5.02 Å². The highest BCUT2D eigenvalue weighted by Crippen LogP contribution is 2.32. The number of ether oxygens (including phenoxy) is 1. The predicted octanol–water partition coefficient (Wildman–Crippen LogP) is 2.79. The summed E-state index contributed by atoms with van der Waals surface area (Å²) in [5.41, 5.74) is 1.64. The molecule has 2 heterocycles. The van der Waals surface area contributed by atoms with Gasteiger partial charge in [-0.3, -0.25) is 0 Å². The summed E-state index contributed by atoms with van der Waals surface area (Å²) in [7, 11) is -1.37. The van der Waals surface area contributed by atoms with Crippen molar-refractivity contribution in [2.24, 2.45) is 0 Å². The van der Waals surface area contributed by atoms with E-state index in [0.29, 0.717) is 28.8 Å². The molecule has 1 saturated heterocycles. The van der Waals surface area contributed by atoms with Crippen molar-refractivity contribution in [2.45, 2.75) is 19.4 Å². The van der Waals surface area contributed by atoms with Gasteiger partial charge in [-0.15, -0.1) is 0 Å². The number of benzene rings is 1. The summed E-state index contributed by atoms with van der Waals surface area (Å²) in [6, 6.07) is 5.22. The smallest absolute Gasteiger partial charge is 0.152 e. The molecule has 1 fully saturated rings. The lowest BCUT2D eigenvalue weighted by Gasteiger charge is -2.14. The van der Waals surface area contributed by atoms with Crippen LogP contribution in [0.5, 0.6) is 5.75 Å². The predicted molar refractivity (Wildman–Crippen MR) is 98.7 cm³/mol. The molecule has 0 bridgehead atoms. The first kappa shape index (κ1) is 17.8. The molecule has 0 aliphatic carbocycles. The molecule has 1 aromatic carbocycles. The Kier molecular flexibility index (Phi) is 5.01. The van der Waals surface area contributed by atoms with E-state index >= 15 is 0 Å². The lowest BCUT2D eigenvalue weighted by molar-refractivity contribution is 0.416. The van der Waals surface area contributed by atoms with E-state index < -0.39 is 9.84 Å². The van der Waals surface area contributed by atoms with Crippen molar-refractivity contribution in [1.82, 2.24) is 9.97 Å². The van der Waals surface area contributed by atoms with E-state index in [4.69, 9.17) is 16.3 Å². The number of hydrogen-bond donors (Lipinski definition) is 2. The quantitative estimate of drug-likeness (QED) is 0.821. The minimum Gasteiger partial charge on any atom is -0.495 e. The number of aryl methyl sites for hydroxylation is 1. The Labute approximate surface area is 151 Å². The summed E-state index contributed by atoms with van der Waals surface area (Å²) in [5, 5.41) is 6.95. The number of nitrogens with zero attached hydrogens (tertiary/aromatic N) is 2. The lowest BCUT2D eigenvalue weighted by atomic mass is 10.2. The zero-order chi connectivity index (χ0) is 18.0. The second kappa shape index (κ2) is 7.05. The number of halogens is 1. The van der Waals surface area contributed by atoms with Gasteiger partial charge in [0.05, 0.1) is 24.3 Å². The molecule has 1 aliphatic rings. The van der Waals surface area contributed by atoms with Crippen molar-refractivity contribution in [2.75, 3.05) is 29.2 Å². The van der Waals surface area contributed by atoms with Crippen LogP contribution in [-0.2, 0) is 9.84 Å². The SMILES string of the molecule is COc1cc(Cl)c(C)cc1Nc1cc(NC2CCS(=O)(=O)C2)ncn1. The summed E-state index contributed by atoms with van der Waals surface area (Å²) < 4.78 is 28.5. The Morgan fingerprint density at radius 1 is 1.24 bits per heavy atom. The van der Waals surface area contributed by atoms with Crippen molar-refractivity contribution in [3.63, 3.8) is 0 Å². The van der Waals surface area contributed by atoms with Crippen molar-refractivity contribution in [1.29, 1.82) is 0 Å². The summed E-state index contributed by atoms with van der Waals surface area (Å²) in [4.78, 5) is 8.35. The lowest BCUT2D eigenvalue weighted by Crippen LogP contribution is -2.21. The first-order valence-electron chi connectivity index (χ1n) is 7.76. The Morgan fingerprint density at radius 3 is 2.68 bits per heavy atom. The van der Waals surface area contributed by atoms with E-state index in [1.54, 1.807) is 19.2 Å². The molecular formula is C16H19ClN4O3S. The molecule has 1 atom stereocenters. The average molecular weight is 383 g/mol. The number of aromatic nitrogens is 2. The van der Waals surface area contributed by atoms with Crippen LogP contribution in [0.15, 0.2) is 24.5 Å². The standard InChI is InChI=1S/C16H19ClN4O3S/c1-10-5-13(14(24-2)6-12(10)17)21-16-7-15(18-9-19-16)20-11-3-4-25(22,23)8-11/h5-7,9,11H,3-4,8H2,1-2H3,(H2,18,19,20,21). The summed E-state index contributed by atoms with van der Waals surface area (Å²) in [6.07, 6.45) is 2.00. The molecule has 1 aliphatic heterocycles. The molecule has 134 valence electrons. The number of rotatable bonds is 5. The maximum Gasteiger partial charge on any atom is 0.152 e. The van der Waals surface area contributed by atoms with Crippen molar-refractivity contribution in [3.8, 4) is 5.75 Å². The third-order valence-electron chi connectivity index (χ3n) is 4.00. The van der Waals surface area contributed by atoms with Gasteiger partial charge < -0.3 is 15.4 Å². The third kappa shape index (κ3) is 4.32. The Balaban J connectivity index is 1.77. The number of anilines is 3. The van der Waals surface area contributed by atoms with Gasteiger partial charge in [0, 0.05) is 23.2 Å². The molecule has 2 N–H and O–H groups in total. The van der Waals surface area contributed by atoms with Crippen LogP contribution in [0.4, 0.5) is 17.3 Å². The maximum absolute atomic E-state index is 11.6. The second-order valence-corrected chi connectivity index (χ2v) is 8.60. The molecule has 0 amide bonds. The van der Waals surface area contributed by atoms with E-state index in [2.05, 4.69) is 20.6 Å². The van der Waals surface area contributed by atoms with Gasteiger partial charge in [0.25, 0.3) is 0 Å². The molecule has 9 heteroatoms. The van der Waals surface area contributed by atoms with Crippen LogP contribution in [-0.4, -0.2) is 43.0 Å². The summed E-state index contributed by atoms with van der Waals surface area (Å²) in [5.74, 6) is 2.08. The minimum atomic E-state index is -2.94. The van der Waals surface area contributed by atoms with Crippen LogP contribution in [0.3, 0.4) is 0 Å². The molecule has 1 aromatic heterocycles. The molecule has 7 nitrogen and oxygen atoms in total. The van der Waals surface area contributed by atoms with E-state index in [1.165, 1.54) is 6.33 Å². The van der Waals surface area contributed by atoms with E-state index in [1.807, 2.05) is 13.0 Å². The van der Waals surface area contributed by atoms with Gasteiger partial charge in [-0.05, 0) is 25.0 Å². The highest BCUT2D eigenvalue weighted by atomic mass is 35.5. The van der Waals surface area contributed by atoms with Crippen LogP contribution in [0, 0.1) is 6.92 Å². The topological polar surface area (TPSA) is 93.2 Å². The molecule has 2 aromatic rings. The van der Waals surface area contributed by atoms with Crippen LogP contribution in [0.1, 0.15) is 12.0 Å². The van der Waals surface area contributed by atoms with Gasteiger partial charge in [-0.25, -0.2) is 18.4 Å². The largest absolute Gasteiger partial charge is 0.495 e. The van der Waals surface area contributed by atoms with Crippen LogP contribution >= 0.6 is 11.6 Å². The zero-order valence-electron chi connectivity index (χ0n) is 13.9. The zero-order valence-corrected chi connectivity index (χ0v) is 15.5. The molecular weight excluding hydrogens is 364 g/mol. The monoisotopic (exact) mass is 382 g/mol. The van der Waals surface area contributed by atoms with Gasteiger partial charge in [0.1, 0.15) is 23.7 Å².